The molecule has 1 nitrogen and oxygen atoms in total. The van der Waals surface area contributed by atoms with E-state index in [1.165, 1.54) is 44.1 Å². The molecule has 1 heterocycles. The Morgan fingerprint density at radius 1 is 1.08 bits per heavy atom. The van der Waals surface area contributed by atoms with Crippen molar-refractivity contribution >= 4 is 0 Å². The summed E-state index contributed by atoms with van der Waals surface area (Å²) in [5.74, 6) is 0.846. The van der Waals surface area contributed by atoms with Crippen molar-refractivity contribution in [2.45, 2.75) is 44.4 Å². The number of hydrogen-bond acceptors (Lipinski definition) is 0. The predicted octanol–water partition coefficient (Wildman–Crippen LogP) is 3.45. The molecule has 0 saturated heterocycles. The molecule has 0 aromatic carbocycles. The van der Waals surface area contributed by atoms with Crippen LogP contribution in [0.15, 0.2) is 18.5 Å². The molecule has 1 saturated carbocycles. The van der Waals surface area contributed by atoms with Crippen LogP contribution in [-0.2, 0) is 0 Å². The topological polar surface area (TPSA) is 15.8 Å². The van der Waals surface area contributed by atoms with Gasteiger partial charge in [0.2, 0.25) is 0 Å². The van der Waals surface area contributed by atoms with E-state index in [4.69, 9.17) is 0 Å². The number of aromatic amines is 1. The molecule has 0 radical (unpaired) electrons. The first-order chi connectivity index (χ1) is 5.97. The average molecular weight is 163 g/mol. The van der Waals surface area contributed by atoms with E-state index in [-0.39, 0.29) is 0 Å². The summed E-state index contributed by atoms with van der Waals surface area (Å²) < 4.78 is 0. The fourth-order valence-corrected chi connectivity index (χ4v) is 2.20. The average Bonchev–Trinajstić information content (AvgIpc) is 2.48. The van der Waals surface area contributed by atoms with E-state index < -0.39 is 0 Å². The van der Waals surface area contributed by atoms with Gasteiger partial charge in [-0.05, 0) is 30.4 Å². The zero-order chi connectivity index (χ0) is 8.23. The summed E-state index contributed by atoms with van der Waals surface area (Å²) in [7, 11) is 0. The van der Waals surface area contributed by atoms with Gasteiger partial charge in [0.05, 0.1) is 0 Å². The molecule has 12 heavy (non-hydrogen) atoms. The summed E-state index contributed by atoms with van der Waals surface area (Å²) in [5, 5.41) is 0. The van der Waals surface area contributed by atoms with Crippen LogP contribution in [0.5, 0.6) is 0 Å². The zero-order valence-electron chi connectivity index (χ0n) is 7.55. The van der Waals surface area contributed by atoms with Gasteiger partial charge in [-0.2, -0.15) is 0 Å². The van der Waals surface area contributed by atoms with Crippen molar-refractivity contribution in [2.75, 3.05) is 0 Å². The number of rotatable bonds is 1. The van der Waals surface area contributed by atoms with Crippen molar-refractivity contribution in [3.8, 4) is 0 Å². The van der Waals surface area contributed by atoms with Crippen molar-refractivity contribution in [2.24, 2.45) is 0 Å². The highest BCUT2D eigenvalue weighted by Gasteiger charge is 2.13. The summed E-state index contributed by atoms with van der Waals surface area (Å²) >= 11 is 0. The van der Waals surface area contributed by atoms with Gasteiger partial charge >= 0.3 is 0 Å². The van der Waals surface area contributed by atoms with Gasteiger partial charge in [-0.1, -0.05) is 25.7 Å². The van der Waals surface area contributed by atoms with E-state index >= 15 is 0 Å². The lowest BCUT2D eigenvalue weighted by molar-refractivity contribution is 0.593. The third-order valence-electron chi connectivity index (χ3n) is 2.95. The molecule has 0 bridgehead atoms. The maximum Gasteiger partial charge on any atom is 0.00401 e. The molecule has 2 rings (SSSR count). The molecule has 0 unspecified atom stereocenters. The van der Waals surface area contributed by atoms with Gasteiger partial charge < -0.3 is 4.98 Å². The molecule has 1 fully saturated rings. The molecule has 0 atom stereocenters. The van der Waals surface area contributed by atoms with Crippen LogP contribution in [0.4, 0.5) is 0 Å². The largest absolute Gasteiger partial charge is 0.367 e. The summed E-state index contributed by atoms with van der Waals surface area (Å²) in [6, 6.07) is 2.23. The van der Waals surface area contributed by atoms with Crippen LogP contribution in [0, 0.1) is 0 Å². The SMILES string of the molecule is c1cc(C2CCCCCC2)c[nH]1. The van der Waals surface area contributed by atoms with E-state index in [1.807, 2.05) is 6.20 Å². The Bertz CT molecular complexity index is 205. The number of H-pyrrole nitrogens is 1. The quantitative estimate of drug-likeness (QED) is 0.610. The van der Waals surface area contributed by atoms with E-state index in [9.17, 15) is 0 Å². The minimum absolute atomic E-state index is 0.846. The van der Waals surface area contributed by atoms with Crippen molar-refractivity contribution < 1.29 is 0 Å². The van der Waals surface area contributed by atoms with Gasteiger partial charge in [-0.25, -0.2) is 0 Å². The molecule has 1 N–H and O–H groups in total. The number of aromatic nitrogens is 1. The molecule has 1 aromatic rings. The van der Waals surface area contributed by atoms with E-state index in [0.717, 1.165) is 5.92 Å². The van der Waals surface area contributed by atoms with Crippen LogP contribution in [0.3, 0.4) is 0 Å². The summed E-state index contributed by atoms with van der Waals surface area (Å²) in [6.45, 7) is 0. The summed E-state index contributed by atoms with van der Waals surface area (Å²) in [4.78, 5) is 3.15. The standard InChI is InChI=1S/C11H17N/c1-2-4-6-10(5-3-1)11-7-8-12-9-11/h7-10,12H,1-6H2. The Balaban J connectivity index is 2.02. The van der Waals surface area contributed by atoms with Gasteiger partial charge in [-0.3, -0.25) is 0 Å². The Morgan fingerprint density at radius 2 is 1.83 bits per heavy atom. The van der Waals surface area contributed by atoms with Crippen molar-refractivity contribution in [3.63, 3.8) is 0 Å². The maximum atomic E-state index is 3.15. The Hall–Kier alpha value is -0.720. The lowest BCUT2D eigenvalue weighted by Crippen LogP contribution is -1.94. The van der Waals surface area contributed by atoms with Gasteiger partial charge in [0.25, 0.3) is 0 Å². The molecule has 1 aliphatic rings. The summed E-state index contributed by atoms with van der Waals surface area (Å²) in [5.41, 5.74) is 1.52. The second kappa shape index (κ2) is 3.79. The molecule has 1 heteroatoms. The van der Waals surface area contributed by atoms with Crippen molar-refractivity contribution in [3.05, 3.63) is 24.0 Å². The number of hydrogen-bond donors (Lipinski definition) is 1. The predicted molar refractivity (Wildman–Crippen MR) is 51.2 cm³/mol. The van der Waals surface area contributed by atoms with E-state index in [1.54, 1.807) is 0 Å². The van der Waals surface area contributed by atoms with Crippen LogP contribution >= 0.6 is 0 Å². The van der Waals surface area contributed by atoms with Crippen molar-refractivity contribution in [1.29, 1.82) is 0 Å². The van der Waals surface area contributed by atoms with Crippen LogP contribution in [0.2, 0.25) is 0 Å². The zero-order valence-corrected chi connectivity index (χ0v) is 7.55. The second-order valence-electron chi connectivity index (χ2n) is 3.83. The molecule has 0 spiro atoms. The van der Waals surface area contributed by atoms with Crippen molar-refractivity contribution in [1.82, 2.24) is 4.98 Å². The van der Waals surface area contributed by atoms with Gasteiger partial charge in [0, 0.05) is 12.4 Å². The van der Waals surface area contributed by atoms with Crippen LogP contribution in [-0.4, -0.2) is 4.98 Å². The minimum Gasteiger partial charge on any atom is -0.367 e. The smallest absolute Gasteiger partial charge is 0.00401 e. The second-order valence-corrected chi connectivity index (χ2v) is 3.83. The summed E-state index contributed by atoms with van der Waals surface area (Å²) in [6.07, 6.45) is 12.7. The first-order valence-corrected chi connectivity index (χ1v) is 5.09. The molecule has 1 aliphatic carbocycles. The van der Waals surface area contributed by atoms with E-state index in [2.05, 4.69) is 17.2 Å². The Kier molecular flexibility index (Phi) is 2.50. The van der Waals surface area contributed by atoms with Gasteiger partial charge in [0.15, 0.2) is 0 Å². The van der Waals surface area contributed by atoms with Crippen LogP contribution in [0.1, 0.15) is 50.0 Å². The van der Waals surface area contributed by atoms with Crippen LogP contribution in [0.25, 0.3) is 0 Å². The molecule has 66 valence electrons. The fourth-order valence-electron chi connectivity index (χ4n) is 2.20. The molecule has 0 aliphatic heterocycles. The van der Waals surface area contributed by atoms with Gasteiger partial charge in [0.1, 0.15) is 0 Å². The third-order valence-corrected chi connectivity index (χ3v) is 2.95. The molecule has 1 aromatic heterocycles. The van der Waals surface area contributed by atoms with E-state index in [0.29, 0.717) is 0 Å². The highest BCUT2D eigenvalue weighted by atomic mass is 14.6. The molecular formula is C11H17N. The highest BCUT2D eigenvalue weighted by molar-refractivity contribution is 5.14. The lowest BCUT2D eigenvalue weighted by Gasteiger charge is -2.10. The maximum absolute atomic E-state index is 3.15. The molecular weight excluding hydrogens is 146 g/mol. The first kappa shape index (κ1) is 7.90. The Morgan fingerprint density at radius 3 is 2.42 bits per heavy atom. The first-order valence-electron chi connectivity index (χ1n) is 5.09. The highest BCUT2D eigenvalue weighted by Crippen LogP contribution is 2.30. The molecule has 0 amide bonds. The van der Waals surface area contributed by atoms with Gasteiger partial charge in [-0.15, -0.1) is 0 Å². The fraction of sp³-hybridized carbons (Fsp3) is 0.636. The number of nitrogens with one attached hydrogen (secondary N) is 1. The third kappa shape index (κ3) is 1.71. The minimum atomic E-state index is 0.846. The monoisotopic (exact) mass is 163 g/mol. The Labute approximate surface area is 74.2 Å². The van der Waals surface area contributed by atoms with Crippen LogP contribution < -0.4 is 0 Å². The lowest BCUT2D eigenvalue weighted by atomic mass is 9.94. The normalized spacial score (nSPS) is 20.7.